The average Bonchev–Trinajstić information content (AvgIpc) is 2.51. The predicted octanol–water partition coefficient (Wildman–Crippen LogP) is 5.36. The average molecular weight is 444 g/mol. The molecule has 0 atom stereocenters. The Kier molecular flexibility index (Phi) is 6.72. The summed E-state index contributed by atoms with van der Waals surface area (Å²) in [7, 11) is 0. The monoisotopic (exact) mass is 443 g/mol. The molecular weight excluding hydrogens is 425 g/mol. The molecule has 1 amide bonds. The molecule has 0 bridgehead atoms. The number of halogens is 2. The molecule has 0 radical (unpaired) electrons. The molecule has 0 saturated carbocycles. The van der Waals surface area contributed by atoms with Crippen molar-refractivity contribution in [2.24, 2.45) is 0 Å². The van der Waals surface area contributed by atoms with E-state index in [0.717, 1.165) is 31.2 Å². The summed E-state index contributed by atoms with van der Waals surface area (Å²) in [5.41, 5.74) is 2.82. The zero-order valence-electron chi connectivity index (χ0n) is 13.2. The van der Waals surface area contributed by atoms with E-state index < -0.39 is 0 Å². The molecule has 0 fully saturated rings. The first-order chi connectivity index (χ1) is 11.0. The van der Waals surface area contributed by atoms with Gasteiger partial charge in [-0.1, -0.05) is 11.6 Å². The van der Waals surface area contributed by atoms with Crippen molar-refractivity contribution in [3.8, 4) is 5.75 Å². The van der Waals surface area contributed by atoms with E-state index in [0.29, 0.717) is 19.4 Å². The zero-order chi connectivity index (χ0) is 16.8. The summed E-state index contributed by atoms with van der Waals surface area (Å²) in [5.74, 6) is 0.792. The quantitative estimate of drug-likeness (QED) is 0.482. The molecular formula is C18H19ClINO2. The van der Waals surface area contributed by atoms with E-state index in [-0.39, 0.29) is 5.91 Å². The summed E-state index contributed by atoms with van der Waals surface area (Å²) in [4.78, 5) is 11.9. The number of hydrogen-bond acceptors (Lipinski definition) is 2. The van der Waals surface area contributed by atoms with E-state index >= 15 is 0 Å². The lowest BCUT2D eigenvalue weighted by molar-refractivity contribution is -0.116. The summed E-state index contributed by atoms with van der Waals surface area (Å²) in [6.45, 7) is 4.41. The van der Waals surface area contributed by atoms with Gasteiger partial charge in [-0.25, -0.2) is 0 Å². The Labute approximate surface area is 155 Å². The maximum atomic E-state index is 11.9. The van der Waals surface area contributed by atoms with Gasteiger partial charge < -0.3 is 10.1 Å². The first-order valence-electron chi connectivity index (χ1n) is 7.40. The van der Waals surface area contributed by atoms with Crippen LogP contribution in [0.1, 0.15) is 24.0 Å². The molecule has 3 nitrogen and oxygen atoms in total. The molecule has 23 heavy (non-hydrogen) atoms. The maximum Gasteiger partial charge on any atom is 0.224 e. The predicted molar refractivity (Wildman–Crippen MR) is 103 cm³/mol. The molecule has 2 aromatic carbocycles. The molecule has 0 aliphatic heterocycles. The summed E-state index contributed by atoms with van der Waals surface area (Å²) < 4.78 is 6.84. The highest BCUT2D eigenvalue weighted by Crippen LogP contribution is 2.25. The van der Waals surface area contributed by atoms with Crippen LogP contribution in [0.5, 0.6) is 5.75 Å². The van der Waals surface area contributed by atoms with Crippen molar-refractivity contribution in [2.45, 2.75) is 26.7 Å². The lowest BCUT2D eigenvalue weighted by Crippen LogP contribution is -2.12. The maximum absolute atomic E-state index is 11.9. The largest absolute Gasteiger partial charge is 0.494 e. The highest BCUT2D eigenvalue weighted by molar-refractivity contribution is 14.1. The molecule has 5 heteroatoms. The van der Waals surface area contributed by atoms with Crippen LogP contribution in [0.25, 0.3) is 0 Å². The van der Waals surface area contributed by atoms with Crippen LogP contribution in [-0.4, -0.2) is 12.5 Å². The number of nitrogens with one attached hydrogen (secondary N) is 1. The van der Waals surface area contributed by atoms with Crippen LogP contribution in [0, 0.1) is 17.4 Å². The third-order valence-electron chi connectivity index (χ3n) is 3.35. The fourth-order valence-corrected chi connectivity index (χ4v) is 2.64. The fraction of sp³-hybridized carbons (Fsp3) is 0.278. The number of amides is 1. The van der Waals surface area contributed by atoms with E-state index in [1.807, 2.05) is 50.2 Å². The molecule has 0 unspecified atom stereocenters. The molecule has 0 saturated heterocycles. The van der Waals surface area contributed by atoms with Gasteiger partial charge in [-0.15, -0.1) is 0 Å². The van der Waals surface area contributed by atoms with Gasteiger partial charge in [0.15, 0.2) is 0 Å². The van der Waals surface area contributed by atoms with Crippen molar-refractivity contribution in [3.05, 3.63) is 56.1 Å². The molecule has 0 spiro atoms. The second kappa shape index (κ2) is 8.55. The molecule has 0 heterocycles. The van der Waals surface area contributed by atoms with Gasteiger partial charge in [0.1, 0.15) is 5.75 Å². The minimum atomic E-state index is -0.00160. The zero-order valence-corrected chi connectivity index (χ0v) is 16.1. The molecule has 0 aliphatic rings. The third kappa shape index (κ3) is 5.70. The van der Waals surface area contributed by atoms with Crippen LogP contribution in [0.4, 0.5) is 5.69 Å². The van der Waals surface area contributed by atoms with Gasteiger partial charge in [0.2, 0.25) is 5.91 Å². The van der Waals surface area contributed by atoms with Crippen molar-refractivity contribution in [2.75, 3.05) is 11.9 Å². The van der Waals surface area contributed by atoms with Crippen molar-refractivity contribution in [3.63, 3.8) is 0 Å². The van der Waals surface area contributed by atoms with Crippen molar-refractivity contribution in [1.82, 2.24) is 0 Å². The Bertz CT molecular complexity index is 663. The Hall–Kier alpha value is -1.27. The summed E-state index contributed by atoms with van der Waals surface area (Å²) in [5, 5.41) is 3.65. The Morgan fingerprint density at radius 1 is 1.17 bits per heavy atom. The van der Waals surface area contributed by atoms with Crippen molar-refractivity contribution >= 4 is 45.8 Å². The Morgan fingerprint density at radius 3 is 2.39 bits per heavy atom. The number of rotatable bonds is 6. The number of carbonyl (C=O) groups is 1. The second-order valence-corrected chi connectivity index (χ2v) is 7.00. The fourth-order valence-electron chi connectivity index (χ4n) is 2.17. The molecule has 0 aromatic heterocycles. The van der Waals surface area contributed by atoms with E-state index in [4.69, 9.17) is 16.3 Å². The van der Waals surface area contributed by atoms with Gasteiger partial charge in [-0.05, 0) is 90.4 Å². The first kappa shape index (κ1) is 18.1. The molecule has 122 valence electrons. The van der Waals surface area contributed by atoms with E-state index in [2.05, 4.69) is 27.9 Å². The Morgan fingerprint density at radius 2 is 1.78 bits per heavy atom. The van der Waals surface area contributed by atoms with Crippen LogP contribution in [0.2, 0.25) is 5.02 Å². The lowest BCUT2D eigenvalue weighted by Gasteiger charge is -2.10. The van der Waals surface area contributed by atoms with Gasteiger partial charge in [0, 0.05) is 20.7 Å². The van der Waals surface area contributed by atoms with Crippen molar-refractivity contribution < 1.29 is 9.53 Å². The number of carbonyl (C=O) groups excluding carboxylic acids is 1. The Balaban J connectivity index is 1.74. The summed E-state index contributed by atoms with van der Waals surface area (Å²) >= 11 is 8.36. The van der Waals surface area contributed by atoms with Crippen LogP contribution in [0.3, 0.4) is 0 Å². The highest BCUT2D eigenvalue weighted by Gasteiger charge is 2.05. The van der Waals surface area contributed by atoms with Crippen LogP contribution < -0.4 is 10.1 Å². The van der Waals surface area contributed by atoms with E-state index in [1.165, 1.54) is 0 Å². The first-order valence-corrected chi connectivity index (χ1v) is 8.86. The van der Waals surface area contributed by atoms with Crippen LogP contribution >= 0.6 is 34.2 Å². The third-order valence-corrected chi connectivity index (χ3v) is 4.67. The van der Waals surface area contributed by atoms with Gasteiger partial charge in [0.05, 0.1) is 6.61 Å². The number of ether oxygens (including phenoxy) is 1. The standard InChI is InChI=1S/C18H19ClINO2/c1-12-10-16(11-13(2)18(12)19)23-9-3-4-17(22)21-15-7-5-14(20)6-8-15/h5-8,10-11H,3-4,9H2,1-2H3,(H,21,22). The van der Waals surface area contributed by atoms with Crippen LogP contribution in [0.15, 0.2) is 36.4 Å². The minimum absolute atomic E-state index is 0.00160. The lowest BCUT2D eigenvalue weighted by atomic mass is 10.1. The molecule has 2 aromatic rings. The topological polar surface area (TPSA) is 38.3 Å². The van der Waals surface area contributed by atoms with Gasteiger partial charge in [-0.2, -0.15) is 0 Å². The normalized spacial score (nSPS) is 10.4. The molecule has 0 aliphatic carbocycles. The van der Waals surface area contributed by atoms with Gasteiger partial charge >= 0.3 is 0 Å². The van der Waals surface area contributed by atoms with Crippen LogP contribution in [-0.2, 0) is 4.79 Å². The van der Waals surface area contributed by atoms with Crippen molar-refractivity contribution in [1.29, 1.82) is 0 Å². The number of benzene rings is 2. The molecule has 2 rings (SSSR count). The highest BCUT2D eigenvalue weighted by atomic mass is 127. The smallest absolute Gasteiger partial charge is 0.224 e. The molecule has 1 N–H and O–H groups in total. The summed E-state index contributed by atoms with van der Waals surface area (Å²) in [6.07, 6.45) is 1.09. The van der Waals surface area contributed by atoms with Gasteiger partial charge in [0.25, 0.3) is 0 Å². The SMILES string of the molecule is Cc1cc(OCCCC(=O)Nc2ccc(I)cc2)cc(C)c1Cl. The number of aryl methyl sites for hydroxylation is 2. The van der Waals surface area contributed by atoms with Gasteiger partial charge in [-0.3, -0.25) is 4.79 Å². The number of anilines is 1. The van der Waals surface area contributed by atoms with E-state index in [1.54, 1.807) is 0 Å². The number of hydrogen-bond donors (Lipinski definition) is 1. The van der Waals surface area contributed by atoms with E-state index in [9.17, 15) is 4.79 Å². The minimum Gasteiger partial charge on any atom is -0.494 e. The summed E-state index contributed by atoms with van der Waals surface area (Å²) in [6, 6.07) is 11.6. The second-order valence-electron chi connectivity index (χ2n) is 5.38.